The van der Waals surface area contributed by atoms with E-state index >= 15 is 0 Å². The number of nitrogens with zero attached hydrogens (tertiary/aromatic N) is 3. The highest BCUT2D eigenvalue weighted by Gasteiger charge is 2.32. The Morgan fingerprint density at radius 1 is 1.39 bits per heavy atom. The normalized spacial score (nSPS) is 17.1. The molecule has 0 aromatic carbocycles. The second-order valence-corrected chi connectivity index (χ2v) is 7.13. The van der Waals surface area contributed by atoms with Gasteiger partial charge in [0.25, 0.3) is 0 Å². The first-order valence-corrected chi connectivity index (χ1v) is 9.11. The smallest absolute Gasteiger partial charge is 0.346 e. The van der Waals surface area contributed by atoms with Gasteiger partial charge in [0.2, 0.25) is 12.3 Å². The van der Waals surface area contributed by atoms with Gasteiger partial charge in [-0.2, -0.15) is 13.2 Å². The molecule has 9 heteroatoms. The highest BCUT2D eigenvalue weighted by Crippen LogP contribution is 2.34. The van der Waals surface area contributed by atoms with Crippen molar-refractivity contribution in [2.24, 2.45) is 0 Å². The summed E-state index contributed by atoms with van der Waals surface area (Å²) in [7, 11) is 0. The van der Waals surface area contributed by atoms with E-state index in [2.05, 4.69) is 9.97 Å². The first-order chi connectivity index (χ1) is 13.4. The quantitative estimate of drug-likeness (QED) is 0.768. The van der Waals surface area contributed by atoms with Crippen LogP contribution in [-0.4, -0.2) is 52.5 Å². The maximum atomic E-state index is 12.4. The van der Waals surface area contributed by atoms with Gasteiger partial charge in [-0.05, 0) is 36.1 Å². The third-order valence-corrected chi connectivity index (χ3v) is 5.07. The van der Waals surface area contributed by atoms with E-state index in [0.717, 1.165) is 35.8 Å². The molecule has 0 bridgehead atoms. The van der Waals surface area contributed by atoms with E-state index in [9.17, 15) is 22.8 Å². The van der Waals surface area contributed by atoms with Gasteiger partial charge < -0.3 is 9.88 Å². The van der Waals surface area contributed by atoms with Crippen LogP contribution in [0.2, 0.25) is 0 Å². The van der Waals surface area contributed by atoms with Gasteiger partial charge in [-0.3, -0.25) is 14.5 Å². The second kappa shape index (κ2) is 6.96. The minimum Gasteiger partial charge on any atom is -0.346 e. The Labute approximate surface area is 159 Å². The van der Waals surface area contributed by atoms with Crippen molar-refractivity contribution in [1.82, 2.24) is 14.9 Å². The number of amides is 2. The summed E-state index contributed by atoms with van der Waals surface area (Å²) in [6.07, 6.45) is 0.222. The van der Waals surface area contributed by atoms with E-state index in [4.69, 9.17) is 0 Å². The lowest BCUT2D eigenvalue weighted by atomic mass is 10.0. The molecule has 0 spiro atoms. The van der Waals surface area contributed by atoms with Gasteiger partial charge in [0, 0.05) is 37.1 Å². The zero-order valence-corrected chi connectivity index (χ0v) is 15.0. The van der Waals surface area contributed by atoms with E-state index in [-0.39, 0.29) is 19.1 Å². The number of nitrogens with one attached hydrogen (secondary N) is 1. The van der Waals surface area contributed by atoms with Gasteiger partial charge in [0.15, 0.2) is 0 Å². The van der Waals surface area contributed by atoms with Crippen molar-refractivity contribution in [2.45, 2.75) is 37.9 Å². The monoisotopic (exact) mass is 392 g/mol. The molecule has 2 amide bonds. The molecule has 0 atom stereocenters. The minimum atomic E-state index is -4.34. The molecule has 1 aliphatic heterocycles. The van der Waals surface area contributed by atoms with Crippen LogP contribution in [0, 0.1) is 0 Å². The Morgan fingerprint density at radius 2 is 2.18 bits per heavy atom. The lowest BCUT2D eigenvalue weighted by molar-refractivity contribution is -0.148. The number of aromatic nitrogens is 2. The number of fused-ring (bicyclic) bond motifs is 1. The molecule has 0 unspecified atom stereocenters. The number of pyridine rings is 1. The molecule has 0 radical (unpaired) electrons. The number of halogens is 3. The Balaban J connectivity index is 1.56. The molecular weight excluding hydrogens is 373 g/mol. The number of alkyl halides is 3. The van der Waals surface area contributed by atoms with Crippen molar-refractivity contribution in [2.75, 3.05) is 18.0 Å². The van der Waals surface area contributed by atoms with Crippen molar-refractivity contribution >= 4 is 34.7 Å². The van der Waals surface area contributed by atoms with E-state index in [1.54, 1.807) is 11.1 Å². The van der Waals surface area contributed by atoms with Crippen molar-refractivity contribution in [3.63, 3.8) is 0 Å². The molecule has 1 N–H and O–H groups in total. The van der Waals surface area contributed by atoms with Gasteiger partial charge in [-0.25, -0.2) is 4.98 Å². The summed E-state index contributed by atoms with van der Waals surface area (Å²) in [4.78, 5) is 34.2. The van der Waals surface area contributed by atoms with Crippen LogP contribution >= 0.6 is 0 Å². The molecule has 1 fully saturated rings. The number of carbonyl (C=O) groups excluding carboxylic acids is 2. The fraction of sp³-hybridized carbons (Fsp3) is 0.421. The van der Waals surface area contributed by atoms with Crippen molar-refractivity contribution < 1.29 is 22.8 Å². The zero-order valence-electron chi connectivity index (χ0n) is 15.0. The van der Waals surface area contributed by atoms with Crippen molar-refractivity contribution in [1.29, 1.82) is 0 Å². The molecule has 2 aromatic heterocycles. The molecule has 4 rings (SSSR count). The Morgan fingerprint density at radius 3 is 2.86 bits per heavy atom. The Bertz CT molecular complexity index is 946. The standard InChI is InChI=1S/C19H19F3N4O2/c20-19(21,22)6-3-17(28)25-8-5-12(10-25)15-9-16(26(11-27)13-1-2-13)24-18-14(15)4-7-23-18/h4-5,7,9,11,13H,1-3,6,8,10H2,(H,23,24). The number of rotatable bonds is 6. The van der Waals surface area contributed by atoms with Crippen LogP contribution in [0.25, 0.3) is 16.6 Å². The SMILES string of the molecule is O=CN(c1cc(C2=CCN(C(=O)CCC(F)(F)F)C2)c2cc[nH]c2n1)C1CC1. The first kappa shape index (κ1) is 18.5. The van der Waals surface area contributed by atoms with E-state index in [0.29, 0.717) is 11.5 Å². The molecule has 1 aliphatic carbocycles. The maximum absolute atomic E-state index is 12.4. The molecule has 28 heavy (non-hydrogen) atoms. The average Bonchev–Trinajstić information content (AvgIpc) is 3.17. The molecule has 1 saturated carbocycles. The summed E-state index contributed by atoms with van der Waals surface area (Å²) >= 11 is 0. The zero-order chi connectivity index (χ0) is 19.9. The number of hydrogen-bond acceptors (Lipinski definition) is 3. The van der Waals surface area contributed by atoms with Crippen LogP contribution in [-0.2, 0) is 9.59 Å². The topological polar surface area (TPSA) is 69.3 Å². The van der Waals surface area contributed by atoms with Crippen LogP contribution in [0.1, 0.15) is 31.2 Å². The number of aromatic amines is 1. The largest absolute Gasteiger partial charge is 0.389 e. The van der Waals surface area contributed by atoms with Gasteiger partial charge >= 0.3 is 6.18 Å². The van der Waals surface area contributed by atoms with E-state index in [1.165, 1.54) is 4.90 Å². The Hall–Kier alpha value is -2.84. The van der Waals surface area contributed by atoms with Gasteiger partial charge in [0.1, 0.15) is 11.5 Å². The molecule has 3 heterocycles. The molecule has 6 nitrogen and oxygen atoms in total. The van der Waals surface area contributed by atoms with Crippen molar-refractivity contribution in [3.8, 4) is 0 Å². The highest BCUT2D eigenvalue weighted by molar-refractivity contribution is 5.95. The van der Waals surface area contributed by atoms with Crippen LogP contribution in [0.4, 0.5) is 19.0 Å². The molecule has 2 aromatic rings. The Kier molecular flexibility index (Phi) is 4.60. The van der Waals surface area contributed by atoms with Gasteiger partial charge in [-0.1, -0.05) is 6.08 Å². The number of H-pyrrole nitrogens is 1. The third-order valence-electron chi connectivity index (χ3n) is 5.07. The van der Waals surface area contributed by atoms with Gasteiger partial charge in [0.05, 0.1) is 6.42 Å². The lowest BCUT2D eigenvalue weighted by Gasteiger charge is -2.19. The summed E-state index contributed by atoms with van der Waals surface area (Å²) in [5.41, 5.74) is 2.30. The summed E-state index contributed by atoms with van der Waals surface area (Å²) < 4.78 is 37.1. The van der Waals surface area contributed by atoms with Crippen LogP contribution < -0.4 is 4.90 Å². The number of anilines is 1. The predicted molar refractivity (Wildman–Crippen MR) is 97.5 cm³/mol. The molecular formula is C19H19F3N4O2. The molecule has 2 aliphatic rings. The predicted octanol–water partition coefficient (Wildman–Crippen LogP) is 3.26. The van der Waals surface area contributed by atoms with Crippen LogP contribution in [0.5, 0.6) is 0 Å². The maximum Gasteiger partial charge on any atom is 0.389 e. The highest BCUT2D eigenvalue weighted by atomic mass is 19.4. The molecule has 148 valence electrons. The second-order valence-electron chi connectivity index (χ2n) is 7.13. The first-order valence-electron chi connectivity index (χ1n) is 9.11. The lowest BCUT2D eigenvalue weighted by Crippen LogP contribution is -2.29. The summed E-state index contributed by atoms with van der Waals surface area (Å²) in [5, 5.41) is 0.848. The van der Waals surface area contributed by atoms with Gasteiger partial charge in [-0.15, -0.1) is 0 Å². The summed E-state index contributed by atoms with van der Waals surface area (Å²) in [6.45, 7) is 0.514. The molecule has 0 saturated heterocycles. The van der Waals surface area contributed by atoms with Crippen molar-refractivity contribution in [3.05, 3.63) is 30.0 Å². The fourth-order valence-corrected chi connectivity index (χ4v) is 3.45. The summed E-state index contributed by atoms with van der Waals surface area (Å²) in [6, 6.07) is 3.83. The number of carbonyl (C=O) groups is 2. The third kappa shape index (κ3) is 3.74. The van der Waals surface area contributed by atoms with E-state index in [1.807, 2.05) is 18.2 Å². The van der Waals surface area contributed by atoms with Crippen LogP contribution in [0.15, 0.2) is 24.4 Å². The van der Waals surface area contributed by atoms with Crippen LogP contribution in [0.3, 0.4) is 0 Å². The minimum absolute atomic E-state index is 0.156. The fourth-order valence-electron chi connectivity index (χ4n) is 3.45. The van der Waals surface area contributed by atoms with E-state index < -0.39 is 24.9 Å². The summed E-state index contributed by atoms with van der Waals surface area (Å²) in [5.74, 6) is 0.0147. The number of hydrogen-bond donors (Lipinski definition) is 1. The average molecular weight is 392 g/mol.